The third-order valence-electron chi connectivity index (χ3n) is 14.4. The number of hydrogen-bond acceptors (Lipinski definition) is 4. The molecule has 0 fully saturated rings. The molecule has 14 aromatic rings. The Morgan fingerprint density at radius 2 is 1.06 bits per heavy atom. The number of nitrogens with zero attached hydrogens (tertiary/aromatic N) is 3. The van der Waals surface area contributed by atoms with Gasteiger partial charge in [-0.3, -0.25) is 4.99 Å². The first-order valence-corrected chi connectivity index (χ1v) is 23.8. The highest BCUT2D eigenvalue weighted by molar-refractivity contribution is 6.27. The lowest BCUT2D eigenvalue weighted by Crippen LogP contribution is -2.16. The number of rotatable bonds is 7. The van der Waals surface area contributed by atoms with E-state index in [9.17, 15) is 0 Å². The molecule has 0 aliphatic carbocycles. The molecule has 6 nitrogen and oxygen atoms in total. The third kappa shape index (κ3) is 6.05. The highest BCUT2D eigenvalue weighted by atomic mass is 16.3. The van der Waals surface area contributed by atoms with Crippen LogP contribution in [0.25, 0.3) is 115 Å². The molecular weight excluding hydrogens is 847 g/mol. The molecule has 0 N–H and O–H groups in total. The molecule has 69 heavy (non-hydrogen) atoms. The molecule has 4 aromatic heterocycles. The molecular formula is C63H43N3O3. The lowest BCUT2D eigenvalue weighted by atomic mass is 9.93. The Labute approximate surface area is 396 Å². The smallest absolute Gasteiger partial charge is 0.155 e. The van der Waals surface area contributed by atoms with Gasteiger partial charge in [-0.1, -0.05) is 147 Å². The van der Waals surface area contributed by atoms with Gasteiger partial charge in [0.25, 0.3) is 0 Å². The van der Waals surface area contributed by atoms with E-state index in [-0.39, 0.29) is 5.92 Å². The van der Waals surface area contributed by atoms with E-state index in [4.69, 9.17) is 23.2 Å². The predicted molar refractivity (Wildman–Crippen MR) is 287 cm³/mol. The number of aromatic nitrogens is 1. The van der Waals surface area contributed by atoms with Crippen LogP contribution < -0.4 is 0 Å². The fraction of sp³-hybridized carbons (Fsp3) is 0.0794. The van der Waals surface area contributed by atoms with Crippen molar-refractivity contribution in [3.63, 3.8) is 0 Å². The minimum absolute atomic E-state index is 0.0324. The van der Waals surface area contributed by atoms with Crippen molar-refractivity contribution in [2.45, 2.75) is 26.8 Å². The molecule has 0 saturated heterocycles. The van der Waals surface area contributed by atoms with E-state index in [1.165, 1.54) is 32.3 Å². The number of aliphatic imine (C=N–C) groups is 2. The van der Waals surface area contributed by atoms with E-state index < -0.39 is 0 Å². The maximum Gasteiger partial charge on any atom is 0.155 e. The molecule has 1 unspecified atom stereocenters. The fourth-order valence-corrected chi connectivity index (χ4v) is 11.0. The van der Waals surface area contributed by atoms with Crippen LogP contribution in [0, 0.1) is 5.92 Å². The molecule has 0 radical (unpaired) electrons. The van der Waals surface area contributed by atoms with Gasteiger partial charge >= 0.3 is 0 Å². The average Bonchev–Trinajstić information content (AvgIpc) is 4.17. The van der Waals surface area contributed by atoms with Gasteiger partial charge in [0, 0.05) is 48.8 Å². The number of fused-ring (bicyclic) bond motifs is 15. The maximum absolute atomic E-state index is 7.12. The first-order chi connectivity index (χ1) is 34.1. The molecule has 0 aliphatic heterocycles. The van der Waals surface area contributed by atoms with Gasteiger partial charge < -0.3 is 17.8 Å². The van der Waals surface area contributed by atoms with Crippen LogP contribution >= 0.6 is 0 Å². The van der Waals surface area contributed by atoms with Gasteiger partial charge in [0.15, 0.2) is 5.84 Å². The van der Waals surface area contributed by atoms with E-state index in [0.29, 0.717) is 12.4 Å². The molecule has 328 valence electrons. The zero-order valence-corrected chi connectivity index (χ0v) is 38.0. The van der Waals surface area contributed by atoms with Crippen molar-refractivity contribution in [2.75, 3.05) is 0 Å². The Kier molecular flexibility index (Phi) is 8.80. The molecule has 0 saturated carbocycles. The Balaban J connectivity index is 1.04. The van der Waals surface area contributed by atoms with Crippen molar-refractivity contribution < 1.29 is 13.3 Å². The van der Waals surface area contributed by atoms with Crippen molar-refractivity contribution in [1.29, 1.82) is 0 Å². The summed E-state index contributed by atoms with van der Waals surface area (Å²) >= 11 is 0. The van der Waals surface area contributed by atoms with E-state index in [1.54, 1.807) is 0 Å². The SMILES string of the molecule is CCC(C)C(=NC(=NCc1cccc2oc3ccccc3c12)c1cccc2oc3ccccc3c12)c1ccc(-n2c3cc4ccccc4cc3c3c4ccccc4ccc32)c2c1oc1ccccc12. The summed E-state index contributed by atoms with van der Waals surface area (Å²) in [6.07, 6.45) is 0.849. The summed E-state index contributed by atoms with van der Waals surface area (Å²) in [5.74, 6) is 0.659. The number of para-hydroxylation sites is 3. The summed E-state index contributed by atoms with van der Waals surface area (Å²) in [4.78, 5) is 11.3. The van der Waals surface area contributed by atoms with Crippen LogP contribution in [-0.2, 0) is 6.54 Å². The second-order valence-corrected chi connectivity index (χ2v) is 18.3. The topological polar surface area (TPSA) is 69.1 Å². The van der Waals surface area contributed by atoms with Gasteiger partial charge in [-0.2, -0.15) is 0 Å². The molecule has 6 heteroatoms. The number of furan rings is 3. The maximum atomic E-state index is 7.12. The van der Waals surface area contributed by atoms with Crippen molar-refractivity contribution in [3.8, 4) is 5.69 Å². The Hall–Kier alpha value is -8.74. The predicted octanol–water partition coefficient (Wildman–Crippen LogP) is 17.3. The van der Waals surface area contributed by atoms with Crippen LogP contribution in [-0.4, -0.2) is 16.1 Å². The monoisotopic (exact) mass is 889 g/mol. The van der Waals surface area contributed by atoms with Crippen molar-refractivity contribution >= 4 is 121 Å². The third-order valence-corrected chi connectivity index (χ3v) is 14.4. The summed E-state index contributed by atoms with van der Waals surface area (Å²) in [5, 5.41) is 13.6. The van der Waals surface area contributed by atoms with E-state index in [1.807, 2.05) is 42.5 Å². The molecule has 0 aliphatic rings. The van der Waals surface area contributed by atoms with Gasteiger partial charge in [0.2, 0.25) is 0 Å². The molecule has 4 heterocycles. The average molecular weight is 890 g/mol. The minimum atomic E-state index is 0.0324. The second-order valence-electron chi connectivity index (χ2n) is 18.3. The lowest BCUT2D eigenvalue weighted by molar-refractivity contribution is 0.665. The standard InChI is InChI=1S/C63H43N3O3/c1-3-37(2)61(65-63(46-24-15-29-56-59(46)44-22-9-12-26-53(44)68-56)64-36-41-19-14-28-55-57(41)43-21-8-11-25-52(43)67-55)47-31-33-50(60-45-23-10-13-27-54(45)69-62(47)60)66-49-32-30-38-16-6-7-20-42(38)58(49)48-34-39-17-4-5-18-40(39)35-51(48)66/h4-35,37H,3,36H2,1-2H3. The quantitative estimate of drug-likeness (QED) is 0.118. The van der Waals surface area contributed by atoms with Crippen molar-refractivity contribution in [2.24, 2.45) is 15.9 Å². The summed E-state index contributed by atoms with van der Waals surface area (Å²) in [6, 6.07) is 68.5. The molecule has 0 amide bonds. The van der Waals surface area contributed by atoms with Gasteiger partial charge in [0.05, 0.1) is 34.4 Å². The van der Waals surface area contributed by atoms with Crippen molar-refractivity contribution in [3.05, 3.63) is 211 Å². The molecule has 1 atom stereocenters. The van der Waals surface area contributed by atoms with E-state index in [2.05, 4.69) is 170 Å². The van der Waals surface area contributed by atoms with Crippen LogP contribution in [0.5, 0.6) is 0 Å². The number of amidine groups is 1. The van der Waals surface area contributed by atoms with Gasteiger partial charge in [-0.25, -0.2) is 4.99 Å². The highest BCUT2D eigenvalue weighted by Crippen LogP contribution is 2.44. The molecule has 0 spiro atoms. The highest BCUT2D eigenvalue weighted by Gasteiger charge is 2.26. The lowest BCUT2D eigenvalue weighted by Gasteiger charge is -2.17. The minimum Gasteiger partial charge on any atom is -0.456 e. The van der Waals surface area contributed by atoms with Crippen molar-refractivity contribution in [1.82, 2.24) is 4.57 Å². The first kappa shape index (κ1) is 39.4. The molecule has 10 aromatic carbocycles. The van der Waals surface area contributed by atoms with Gasteiger partial charge in [0.1, 0.15) is 33.5 Å². The molecule has 0 bridgehead atoms. The van der Waals surface area contributed by atoms with E-state index >= 15 is 0 Å². The summed E-state index contributed by atoms with van der Waals surface area (Å²) in [5.41, 5.74) is 12.1. The fourth-order valence-electron chi connectivity index (χ4n) is 11.0. The number of benzene rings is 10. The zero-order valence-electron chi connectivity index (χ0n) is 38.0. The van der Waals surface area contributed by atoms with Crippen LogP contribution in [0.2, 0.25) is 0 Å². The Bertz CT molecular complexity index is 4480. The van der Waals surface area contributed by atoms with Crippen LogP contribution in [0.3, 0.4) is 0 Å². The number of hydrogen-bond donors (Lipinski definition) is 0. The first-order valence-electron chi connectivity index (χ1n) is 23.8. The second kappa shape index (κ2) is 15.4. The Morgan fingerprint density at radius 1 is 0.464 bits per heavy atom. The normalized spacial score (nSPS) is 13.3. The van der Waals surface area contributed by atoms with Crippen LogP contribution in [0.1, 0.15) is 37.0 Å². The van der Waals surface area contributed by atoms with Gasteiger partial charge in [-0.05, 0) is 100 Å². The summed E-state index contributed by atoms with van der Waals surface area (Å²) in [7, 11) is 0. The molecule has 14 rings (SSSR count). The Morgan fingerprint density at radius 3 is 1.80 bits per heavy atom. The van der Waals surface area contributed by atoms with Crippen LogP contribution in [0.15, 0.2) is 217 Å². The largest absolute Gasteiger partial charge is 0.456 e. The summed E-state index contributed by atoms with van der Waals surface area (Å²) < 4.78 is 22.4. The van der Waals surface area contributed by atoms with Gasteiger partial charge in [-0.15, -0.1) is 0 Å². The van der Waals surface area contributed by atoms with E-state index in [0.717, 1.165) is 111 Å². The van der Waals surface area contributed by atoms with Crippen LogP contribution in [0.4, 0.5) is 0 Å². The zero-order chi connectivity index (χ0) is 45.7. The summed E-state index contributed by atoms with van der Waals surface area (Å²) in [6.45, 7) is 4.87.